The van der Waals surface area contributed by atoms with Crippen LogP contribution in [0.3, 0.4) is 0 Å². The van der Waals surface area contributed by atoms with E-state index in [1.807, 2.05) is 30.3 Å². The molecular weight excluding hydrogens is 226 g/mol. The number of likely N-dealkylation sites (tertiary alicyclic amines) is 1. The molecule has 1 heterocycles. The van der Waals surface area contributed by atoms with Crippen LogP contribution in [0.15, 0.2) is 42.5 Å². The van der Waals surface area contributed by atoms with Gasteiger partial charge in [0.2, 0.25) is 0 Å². The van der Waals surface area contributed by atoms with Crippen LogP contribution in [0.25, 0.3) is 0 Å². The molecule has 0 radical (unpaired) electrons. The van der Waals surface area contributed by atoms with Crippen molar-refractivity contribution in [3.05, 3.63) is 48.0 Å². The third kappa shape index (κ3) is 2.62. The molecule has 0 amide bonds. The second kappa shape index (κ2) is 5.83. The van der Waals surface area contributed by atoms with E-state index >= 15 is 0 Å². The fourth-order valence-electron chi connectivity index (χ4n) is 2.51. The van der Waals surface area contributed by atoms with E-state index in [2.05, 4.69) is 11.5 Å². The molecule has 1 aliphatic heterocycles. The van der Waals surface area contributed by atoms with Gasteiger partial charge in [0.05, 0.1) is 18.7 Å². The van der Waals surface area contributed by atoms with Crippen molar-refractivity contribution in [1.29, 1.82) is 0 Å². The number of carbonyl (C=O) groups excluding carboxylic acids is 1. The van der Waals surface area contributed by atoms with Crippen LogP contribution in [0, 0.1) is 0 Å². The molecule has 2 rings (SSSR count). The second-order valence-corrected chi connectivity index (χ2v) is 4.57. The molecule has 96 valence electrons. The molecular formula is C15H19NO2. The van der Waals surface area contributed by atoms with Crippen molar-refractivity contribution < 1.29 is 9.53 Å². The largest absolute Gasteiger partial charge is 0.466 e. The Kier molecular flexibility index (Phi) is 4.15. The minimum atomic E-state index is -0.323. The van der Waals surface area contributed by atoms with Gasteiger partial charge in [-0.3, -0.25) is 4.90 Å². The lowest BCUT2D eigenvalue weighted by Gasteiger charge is -2.28. The topological polar surface area (TPSA) is 29.5 Å². The van der Waals surface area contributed by atoms with E-state index < -0.39 is 0 Å². The average Bonchev–Trinajstić information content (AvgIpc) is 2.93. The van der Waals surface area contributed by atoms with Crippen LogP contribution < -0.4 is 0 Å². The highest BCUT2D eigenvalue weighted by molar-refractivity contribution is 5.89. The Morgan fingerprint density at radius 2 is 1.89 bits per heavy atom. The number of rotatable bonds is 4. The van der Waals surface area contributed by atoms with Gasteiger partial charge in [0.15, 0.2) is 0 Å². The lowest BCUT2D eigenvalue weighted by atomic mass is 9.98. The zero-order chi connectivity index (χ0) is 13.0. The normalized spacial score (nSPS) is 17.4. The highest BCUT2D eigenvalue weighted by Gasteiger charge is 2.29. The van der Waals surface area contributed by atoms with Gasteiger partial charge in [-0.2, -0.15) is 0 Å². The van der Waals surface area contributed by atoms with E-state index in [-0.39, 0.29) is 12.0 Å². The average molecular weight is 245 g/mol. The number of nitrogens with zero attached hydrogens (tertiary/aromatic N) is 1. The maximum atomic E-state index is 11.7. The Morgan fingerprint density at radius 3 is 2.44 bits per heavy atom. The van der Waals surface area contributed by atoms with E-state index in [1.54, 1.807) is 0 Å². The van der Waals surface area contributed by atoms with Gasteiger partial charge < -0.3 is 4.74 Å². The van der Waals surface area contributed by atoms with E-state index in [0.29, 0.717) is 5.57 Å². The molecule has 0 aromatic heterocycles. The predicted molar refractivity (Wildman–Crippen MR) is 71.1 cm³/mol. The maximum Gasteiger partial charge on any atom is 0.335 e. The SMILES string of the molecule is C=C(C(=O)OC)C(c1ccccc1)N1CCCC1. The molecule has 0 N–H and O–H groups in total. The molecule has 1 aliphatic rings. The first-order valence-corrected chi connectivity index (χ1v) is 6.30. The summed E-state index contributed by atoms with van der Waals surface area (Å²) >= 11 is 0. The van der Waals surface area contributed by atoms with Crippen LogP contribution in [0.1, 0.15) is 24.4 Å². The fraction of sp³-hybridized carbons (Fsp3) is 0.400. The second-order valence-electron chi connectivity index (χ2n) is 4.57. The van der Waals surface area contributed by atoms with Crippen LogP contribution in [0.4, 0.5) is 0 Å². The molecule has 0 spiro atoms. The number of esters is 1. The molecule has 1 unspecified atom stereocenters. The number of methoxy groups -OCH3 is 1. The van der Waals surface area contributed by atoms with Crippen LogP contribution in [-0.4, -0.2) is 31.1 Å². The third-order valence-corrected chi connectivity index (χ3v) is 3.40. The molecule has 1 atom stereocenters. The minimum absolute atomic E-state index is 0.0545. The number of carbonyl (C=O) groups is 1. The van der Waals surface area contributed by atoms with Crippen molar-refractivity contribution in [3.8, 4) is 0 Å². The smallest absolute Gasteiger partial charge is 0.335 e. The number of benzene rings is 1. The first-order valence-electron chi connectivity index (χ1n) is 6.30. The van der Waals surface area contributed by atoms with Gasteiger partial charge in [-0.05, 0) is 31.5 Å². The Morgan fingerprint density at radius 1 is 1.28 bits per heavy atom. The highest BCUT2D eigenvalue weighted by atomic mass is 16.5. The van der Waals surface area contributed by atoms with Crippen LogP contribution >= 0.6 is 0 Å². The van der Waals surface area contributed by atoms with Crippen molar-refractivity contribution in [1.82, 2.24) is 4.90 Å². The standard InChI is InChI=1S/C15H19NO2/c1-12(15(17)18-2)14(16-10-6-7-11-16)13-8-4-3-5-9-13/h3-5,8-9,14H,1,6-7,10-11H2,2H3. The Labute approximate surface area is 108 Å². The van der Waals surface area contributed by atoms with Crippen molar-refractivity contribution >= 4 is 5.97 Å². The molecule has 1 aromatic carbocycles. The van der Waals surface area contributed by atoms with Crippen molar-refractivity contribution in [3.63, 3.8) is 0 Å². The predicted octanol–water partition coefficient (Wildman–Crippen LogP) is 2.55. The molecule has 1 fully saturated rings. The van der Waals surface area contributed by atoms with E-state index in [4.69, 9.17) is 4.74 Å². The van der Waals surface area contributed by atoms with Crippen LogP contribution in [-0.2, 0) is 9.53 Å². The number of hydrogen-bond acceptors (Lipinski definition) is 3. The lowest BCUT2D eigenvalue weighted by molar-refractivity contribution is -0.136. The van der Waals surface area contributed by atoms with Crippen LogP contribution in [0.2, 0.25) is 0 Å². The quantitative estimate of drug-likeness (QED) is 0.603. The van der Waals surface area contributed by atoms with E-state index in [0.717, 1.165) is 18.7 Å². The molecule has 0 saturated carbocycles. The summed E-state index contributed by atoms with van der Waals surface area (Å²) in [6, 6.07) is 9.98. The Balaban J connectivity index is 2.28. The van der Waals surface area contributed by atoms with E-state index in [1.165, 1.54) is 20.0 Å². The van der Waals surface area contributed by atoms with Crippen LogP contribution in [0.5, 0.6) is 0 Å². The van der Waals surface area contributed by atoms with Gasteiger partial charge >= 0.3 is 5.97 Å². The summed E-state index contributed by atoms with van der Waals surface area (Å²) in [6.07, 6.45) is 2.36. The first kappa shape index (κ1) is 12.8. The zero-order valence-electron chi connectivity index (χ0n) is 10.8. The van der Waals surface area contributed by atoms with Crippen molar-refractivity contribution in [2.24, 2.45) is 0 Å². The van der Waals surface area contributed by atoms with Gasteiger partial charge in [0, 0.05) is 0 Å². The highest BCUT2D eigenvalue weighted by Crippen LogP contribution is 2.31. The molecule has 18 heavy (non-hydrogen) atoms. The van der Waals surface area contributed by atoms with Gasteiger partial charge in [0.1, 0.15) is 0 Å². The van der Waals surface area contributed by atoms with Gasteiger partial charge in [-0.15, -0.1) is 0 Å². The number of ether oxygens (including phenoxy) is 1. The molecule has 0 aliphatic carbocycles. The first-order chi connectivity index (χ1) is 8.74. The summed E-state index contributed by atoms with van der Waals surface area (Å²) in [5.41, 5.74) is 1.63. The monoisotopic (exact) mass is 245 g/mol. The molecule has 3 heteroatoms. The molecule has 0 bridgehead atoms. The molecule has 3 nitrogen and oxygen atoms in total. The summed E-state index contributed by atoms with van der Waals surface area (Å²) in [5.74, 6) is -0.323. The summed E-state index contributed by atoms with van der Waals surface area (Å²) in [7, 11) is 1.40. The van der Waals surface area contributed by atoms with Gasteiger partial charge in [-0.1, -0.05) is 36.9 Å². The molecule has 1 aromatic rings. The Bertz CT molecular complexity index is 421. The maximum absolute atomic E-state index is 11.7. The number of hydrogen-bond donors (Lipinski definition) is 0. The van der Waals surface area contributed by atoms with Crippen molar-refractivity contribution in [2.45, 2.75) is 18.9 Å². The summed E-state index contributed by atoms with van der Waals surface area (Å²) < 4.78 is 4.81. The van der Waals surface area contributed by atoms with E-state index in [9.17, 15) is 4.79 Å². The lowest BCUT2D eigenvalue weighted by Crippen LogP contribution is -2.29. The fourth-order valence-corrected chi connectivity index (χ4v) is 2.51. The molecule has 1 saturated heterocycles. The minimum Gasteiger partial charge on any atom is -0.466 e. The summed E-state index contributed by atoms with van der Waals surface area (Å²) in [6.45, 7) is 5.95. The van der Waals surface area contributed by atoms with Gasteiger partial charge in [-0.25, -0.2) is 4.79 Å². The summed E-state index contributed by atoms with van der Waals surface area (Å²) in [4.78, 5) is 14.0. The zero-order valence-corrected chi connectivity index (χ0v) is 10.8. The third-order valence-electron chi connectivity index (χ3n) is 3.40. The summed E-state index contributed by atoms with van der Waals surface area (Å²) in [5, 5.41) is 0. The Hall–Kier alpha value is -1.61. The van der Waals surface area contributed by atoms with Gasteiger partial charge in [0.25, 0.3) is 0 Å². The van der Waals surface area contributed by atoms with Crippen molar-refractivity contribution in [2.75, 3.05) is 20.2 Å².